The van der Waals surface area contributed by atoms with Crippen LogP contribution in [0.15, 0.2) is 42.7 Å². The zero-order chi connectivity index (χ0) is 23.4. The topological polar surface area (TPSA) is 91.2 Å². The number of carbonyl (C=O) groups is 1. The number of methoxy groups -OCH3 is 1. The maximum Gasteiger partial charge on any atom is 0.252 e. The van der Waals surface area contributed by atoms with Crippen LogP contribution in [0.5, 0.6) is 5.88 Å². The van der Waals surface area contributed by atoms with Gasteiger partial charge in [-0.3, -0.25) is 4.79 Å². The summed E-state index contributed by atoms with van der Waals surface area (Å²) in [6.07, 6.45) is 3.41. The number of ether oxygens (including phenoxy) is 2. The number of thiophene rings is 1. The maximum absolute atomic E-state index is 13.2. The predicted molar refractivity (Wildman–Crippen MR) is 129 cm³/mol. The number of aromatic nitrogens is 4. The number of carbonyl (C=O) groups excluding carboxylic acids is 1. The fourth-order valence-electron chi connectivity index (χ4n) is 3.39. The largest absolute Gasteiger partial charge is 0.475 e. The Bertz CT molecular complexity index is 1250. The monoisotopic (exact) mass is 465 g/mol. The average Bonchev–Trinajstić information content (AvgIpc) is 3.44. The Morgan fingerprint density at radius 2 is 2.03 bits per heavy atom. The van der Waals surface area contributed by atoms with Gasteiger partial charge in [0.05, 0.1) is 34.3 Å². The molecule has 4 aromatic heterocycles. The van der Waals surface area contributed by atoms with Crippen molar-refractivity contribution >= 4 is 28.3 Å². The van der Waals surface area contributed by atoms with E-state index in [4.69, 9.17) is 14.5 Å². The molecule has 0 aromatic carbocycles. The lowest BCUT2D eigenvalue weighted by Crippen LogP contribution is -2.23. The third-order valence-corrected chi connectivity index (χ3v) is 6.10. The van der Waals surface area contributed by atoms with E-state index in [0.29, 0.717) is 36.8 Å². The van der Waals surface area contributed by atoms with Gasteiger partial charge in [-0.05, 0) is 44.5 Å². The van der Waals surface area contributed by atoms with Gasteiger partial charge in [0.1, 0.15) is 6.61 Å². The van der Waals surface area contributed by atoms with Crippen LogP contribution >= 0.6 is 11.3 Å². The molecule has 33 heavy (non-hydrogen) atoms. The summed E-state index contributed by atoms with van der Waals surface area (Å²) in [4.78, 5) is 24.5. The molecule has 0 aliphatic rings. The van der Waals surface area contributed by atoms with Crippen LogP contribution in [0.2, 0.25) is 0 Å². The van der Waals surface area contributed by atoms with Gasteiger partial charge in [-0.1, -0.05) is 6.07 Å². The smallest absolute Gasteiger partial charge is 0.252 e. The highest BCUT2D eigenvalue weighted by molar-refractivity contribution is 7.15. The van der Waals surface area contributed by atoms with E-state index in [1.807, 2.05) is 36.7 Å². The normalized spacial score (nSPS) is 11.3. The Kier molecular flexibility index (Phi) is 7.00. The Labute approximate surface area is 196 Å². The molecule has 1 N–H and O–H groups in total. The van der Waals surface area contributed by atoms with E-state index in [1.165, 1.54) is 4.88 Å². The predicted octanol–water partition coefficient (Wildman–Crippen LogP) is 4.40. The second-order valence-corrected chi connectivity index (χ2v) is 9.20. The van der Waals surface area contributed by atoms with Crippen molar-refractivity contribution in [1.29, 1.82) is 0 Å². The van der Waals surface area contributed by atoms with Crippen LogP contribution in [-0.2, 0) is 11.3 Å². The highest BCUT2D eigenvalue weighted by Gasteiger charge is 2.19. The van der Waals surface area contributed by atoms with E-state index in [0.717, 1.165) is 21.5 Å². The molecule has 172 valence electrons. The highest BCUT2D eigenvalue weighted by atomic mass is 32.1. The van der Waals surface area contributed by atoms with Gasteiger partial charge >= 0.3 is 0 Å². The van der Waals surface area contributed by atoms with Gasteiger partial charge in [-0.15, -0.1) is 11.3 Å². The number of nitrogens with one attached hydrogen (secondary N) is 1. The molecule has 1 amide bonds. The number of nitrogens with zero attached hydrogens (tertiary/aromatic N) is 4. The van der Waals surface area contributed by atoms with Crippen molar-refractivity contribution in [2.45, 2.75) is 33.4 Å². The van der Waals surface area contributed by atoms with Gasteiger partial charge in [0.2, 0.25) is 5.88 Å². The van der Waals surface area contributed by atoms with Gasteiger partial charge in [0.15, 0.2) is 5.65 Å². The van der Waals surface area contributed by atoms with E-state index in [2.05, 4.69) is 28.4 Å². The highest BCUT2D eigenvalue weighted by Crippen LogP contribution is 2.30. The summed E-state index contributed by atoms with van der Waals surface area (Å²) in [6.45, 7) is 7.44. The molecule has 0 aliphatic heterocycles. The summed E-state index contributed by atoms with van der Waals surface area (Å²) >= 11 is 1.65. The zero-order valence-electron chi connectivity index (χ0n) is 19.2. The van der Waals surface area contributed by atoms with Crippen molar-refractivity contribution < 1.29 is 14.3 Å². The van der Waals surface area contributed by atoms with Crippen LogP contribution in [-0.4, -0.2) is 46.0 Å². The van der Waals surface area contributed by atoms with E-state index >= 15 is 0 Å². The summed E-state index contributed by atoms with van der Waals surface area (Å²) in [6, 6.07) is 9.73. The number of amides is 1. The summed E-state index contributed by atoms with van der Waals surface area (Å²) in [5.74, 6) is 0.343. The van der Waals surface area contributed by atoms with E-state index < -0.39 is 0 Å². The number of fused-ring (bicyclic) bond motifs is 1. The van der Waals surface area contributed by atoms with Crippen molar-refractivity contribution in [1.82, 2.24) is 25.1 Å². The number of rotatable bonds is 9. The Morgan fingerprint density at radius 1 is 1.18 bits per heavy atom. The van der Waals surface area contributed by atoms with Crippen LogP contribution in [0.3, 0.4) is 0 Å². The first-order valence-corrected chi connectivity index (χ1v) is 11.6. The quantitative estimate of drug-likeness (QED) is 0.369. The molecular formula is C24H27N5O3S. The van der Waals surface area contributed by atoms with E-state index in [-0.39, 0.29) is 11.9 Å². The molecule has 4 rings (SSSR count). The minimum Gasteiger partial charge on any atom is -0.475 e. The Balaban J connectivity index is 1.57. The fraction of sp³-hybridized carbons (Fsp3) is 0.333. The van der Waals surface area contributed by atoms with Crippen molar-refractivity contribution in [3.05, 3.63) is 58.7 Å². The molecule has 0 saturated carbocycles. The van der Waals surface area contributed by atoms with Crippen molar-refractivity contribution in [2.75, 3.05) is 20.3 Å². The van der Waals surface area contributed by atoms with Gasteiger partial charge in [0.25, 0.3) is 5.91 Å². The summed E-state index contributed by atoms with van der Waals surface area (Å²) in [5.41, 5.74) is 2.91. The third kappa shape index (κ3) is 5.20. The number of hydrogen-bond acceptors (Lipinski definition) is 7. The molecule has 0 atom stereocenters. The van der Waals surface area contributed by atoms with Crippen molar-refractivity contribution in [3.8, 4) is 16.5 Å². The fourth-order valence-corrected chi connectivity index (χ4v) is 4.22. The third-order valence-electron chi connectivity index (χ3n) is 5.08. The number of aryl methyl sites for hydroxylation is 1. The summed E-state index contributed by atoms with van der Waals surface area (Å²) in [5, 5.41) is 8.22. The molecule has 0 radical (unpaired) electrons. The zero-order valence-corrected chi connectivity index (χ0v) is 20.0. The minimum absolute atomic E-state index is 0.127. The molecule has 4 aromatic rings. The molecule has 0 saturated heterocycles. The van der Waals surface area contributed by atoms with Crippen LogP contribution in [0.4, 0.5) is 0 Å². The number of hydrogen-bond donors (Lipinski definition) is 1. The molecule has 0 bridgehead atoms. The summed E-state index contributed by atoms with van der Waals surface area (Å²) in [7, 11) is 1.62. The maximum atomic E-state index is 13.2. The van der Waals surface area contributed by atoms with Crippen LogP contribution in [0.1, 0.15) is 40.7 Å². The second-order valence-electron chi connectivity index (χ2n) is 7.91. The second kappa shape index (κ2) is 10.1. The van der Waals surface area contributed by atoms with Crippen molar-refractivity contribution in [2.24, 2.45) is 0 Å². The molecule has 0 spiro atoms. The summed E-state index contributed by atoms with van der Waals surface area (Å²) < 4.78 is 12.3. The molecule has 4 heterocycles. The molecule has 9 heteroatoms. The Hall–Kier alpha value is -3.30. The lowest BCUT2D eigenvalue weighted by atomic mass is 10.1. The van der Waals surface area contributed by atoms with E-state index in [9.17, 15) is 4.79 Å². The first-order valence-electron chi connectivity index (χ1n) is 10.8. The van der Waals surface area contributed by atoms with Gasteiger partial charge < -0.3 is 14.8 Å². The van der Waals surface area contributed by atoms with Crippen LogP contribution in [0, 0.1) is 6.92 Å². The van der Waals surface area contributed by atoms with Gasteiger partial charge in [-0.2, -0.15) is 5.10 Å². The average molecular weight is 466 g/mol. The van der Waals surface area contributed by atoms with Crippen LogP contribution < -0.4 is 10.1 Å². The lowest BCUT2D eigenvalue weighted by Gasteiger charge is -2.11. The Morgan fingerprint density at radius 3 is 2.70 bits per heavy atom. The first-order chi connectivity index (χ1) is 16.0. The molecular weight excluding hydrogens is 438 g/mol. The van der Waals surface area contributed by atoms with Gasteiger partial charge in [0, 0.05) is 36.8 Å². The number of pyridine rings is 2. The molecule has 0 unspecified atom stereocenters. The van der Waals surface area contributed by atoms with Crippen LogP contribution in [0.25, 0.3) is 21.6 Å². The molecule has 0 fully saturated rings. The molecule has 0 aliphatic carbocycles. The standard InChI is InChI=1S/C24H27N5O3S/c1-15(2)29-23-19(14-27-29)18(11-20(28-23)21-7-5-16(3)33-21)24(30)26-13-17-6-8-22(25-12-17)32-10-9-31-4/h5-8,11-12,14-15H,9-10,13H2,1-4H3,(H,26,30). The SMILES string of the molecule is COCCOc1ccc(CNC(=O)c2cc(-c3ccc(C)s3)nc3c2cnn3C(C)C)cn1. The first kappa shape index (κ1) is 22.9. The molecule has 8 nitrogen and oxygen atoms in total. The van der Waals surface area contributed by atoms with Crippen molar-refractivity contribution in [3.63, 3.8) is 0 Å². The van der Waals surface area contributed by atoms with Gasteiger partial charge in [-0.25, -0.2) is 14.6 Å². The lowest BCUT2D eigenvalue weighted by molar-refractivity contribution is 0.0952. The van der Waals surface area contributed by atoms with E-state index in [1.54, 1.807) is 36.9 Å². The minimum atomic E-state index is -0.180.